The van der Waals surface area contributed by atoms with Crippen molar-refractivity contribution in [1.29, 1.82) is 0 Å². The van der Waals surface area contributed by atoms with Gasteiger partial charge in [0, 0.05) is 12.1 Å². The lowest BCUT2D eigenvalue weighted by atomic mass is 9.85. The van der Waals surface area contributed by atoms with E-state index in [0.717, 1.165) is 28.2 Å². The number of nitro benzene ring substituents is 1. The first kappa shape index (κ1) is 18.2. The summed E-state index contributed by atoms with van der Waals surface area (Å²) in [4.78, 5) is 49.4. The molecule has 2 aliphatic heterocycles. The molecule has 0 radical (unpaired) electrons. The van der Waals surface area contributed by atoms with E-state index in [-0.39, 0.29) is 38.6 Å². The fourth-order valence-electron chi connectivity index (χ4n) is 4.56. The van der Waals surface area contributed by atoms with E-state index >= 15 is 0 Å². The quantitative estimate of drug-likeness (QED) is 0.182. The van der Waals surface area contributed by atoms with Gasteiger partial charge in [0.05, 0.1) is 21.7 Å². The first-order valence-corrected chi connectivity index (χ1v) is 10.2. The number of nitrogens with zero attached hydrogens (tertiary/aromatic N) is 3. The third-order valence-corrected chi connectivity index (χ3v) is 7.10. The number of benzene rings is 1. The van der Waals surface area contributed by atoms with Crippen LogP contribution in [-0.4, -0.2) is 37.0 Å². The van der Waals surface area contributed by atoms with Crippen molar-refractivity contribution in [2.75, 3.05) is 0 Å². The summed E-state index contributed by atoms with van der Waals surface area (Å²) in [5.74, 6) is -2.03. The van der Waals surface area contributed by atoms with Gasteiger partial charge >= 0.3 is 0 Å². The molecular formula is C19H13N3O5S2. The monoisotopic (exact) mass is 427 g/mol. The average Bonchev–Trinajstić information content (AvgIpc) is 3.42. The summed E-state index contributed by atoms with van der Waals surface area (Å²) in [6.07, 6.45) is 6.32. The number of thiocarbonyl (C=S) groups is 1. The van der Waals surface area contributed by atoms with Gasteiger partial charge in [-0.25, -0.2) is 0 Å². The van der Waals surface area contributed by atoms with E-state index in [0.29, 0.717) is 5.56 Å². The molecule has 1 aromatic carbocycles. The molecule has 0 N–H and O–H groups in total. The summed E-state index contributed by atoms with van der Waals surface area (Å²) >= 11 is 6.29. The highest BCUT2D eigenvalue weighted by atomic mass is 32.2. The number of carbonyl (C=O) groups excluding carboxylic acids is 3. The maximum absolute atomic E-state index is 13.0. The third-order valence-electron chi connectivity index (χ3n) is 5.82. The fourth-order valence-corrected chi connectivity index (χ4v) is 5.80. The standard InChI is InChI=1S/C19H13N3O5S2/c23-16-13(7-9-1-5-12(6-2-9)22(26)27)29-19(28)21(16)20-17(24)14-10-3-4-11(8-10)15(14)18(20)25/h1-7,10-11,14-15H,8H2/b13-7-/t10-,11-,14-,15-/m0/s1. The highest BCUT2D eigenvalue weighted by Gasteiger charge is 2.62. The molecule has 4 aliphatic rings. The summed E-state index contributed by atoms with van der Waals surface area (Å²) < 4.78 is 0.116. The average molecular weight is 427 g/mol. The molecule has 3 amide bonds. The van der Waals surface area contributed by atoms with Gasteiger partial charge < -0.3 is 0 Å². The van der Waals surface area contributed by atoms with Crippen molar-refractivity contribution in [3.05, 3.63) is 57.0 Å². The second-order valence-electron chi connectivity index (χ2n) is 7.33. The Labute approximate surface area is 174 Å². The minimum Gasteiger partial charge on any atom is -0.272 e. The molecule has 3 fully saturated rings. The largest absolute Gasteiger partial charge is 0.285 e. The van der Waals surface area contributed by atoms with Crippen LogP contribution in [0.2, 0.25) is 0 Å². The van der Waals surface area contributed by atoms with E-state index in [1.165, 1.54) is 24.3 Å². The minimum absolute atomic E-state index is 0.0421. The Kier molecular flexibility index (Phi) is 3.97. The van der Waals surface area contributed by atoms with E-state index in [2.05, 4.69) is 0 Å². The molecule has 5 rings (SSSR count). The van der Waals surface area contributed by atoms with Crippen LogP contribution < -0.4 is 0 Å². The molecule has 2 bridgehead atoms. The summed E-state index contributed by atoms with van der Waals surface area (Å²) in [6, 6.07) is 5.71. The van der Waals surface area contributed by atoms with E-state index < -0.39 is 22.7 Å². The van der Waals surface area contributed by atoms with E-state index in [4.69, 9.17) is 12.2 Å². The molecule has 146 valence electrons. The molecule has 10 heteroatoms. The fraction of sp³-hybridized carbons (Fsp3) is 0.263. The van der Waals surface area contributed by atoms with Crippen LogP contribution in [0.3, 0.4) is 0 Å². The topological polar surface area (TPSA) is 101 Å². The zero-order chi connectivity index (χ0) is 20.4. The predicted octanol–water partition coefficient (Wildman–Crippen LogP) is 2.52. The van der Waals surface area contributed by atoms with E-state index in [9.17, 15) is 24.5 Å². The number of amides is 3. The molecular weight excluding hydrogens is 414 g/mol. The van der Waals surface area contributed by atoms with Crippen LogP contribution in [0.5, 0.6) is 0 Å². The predicted molar refractivity (Wildman–Crippen MR) is 108 cm³/mol. The van der Waals surface area contributed by atoms with Crippen LogP contribution >= 0.6 is 24.0 Å². The molecule has 2 saturated heterocycles. The van der Waals surface area contributed by atoms with Crippen LogP contribution in [-0.2, 0) is 14.4 Å². The summed E-state index contributed by atoms with van der Waals surface area (Å²) in [6.45, 7) is 0. The van der Waals surface area contributed by atoms with Crippen molar-refractivity contribution >= 4 is 57.8 Å². The summed E-state index contributed by atoms with van der Waals surface area (Å²) in [7, 11) is 0. The van der Waals surface area contributed by atoms with Crippen LogP contribution in [0, 0.1) is 33.8 Å². The second kappa shape index (κ2) is 6.33. The molecule has 1 saturated carbocycles. The van der Waals surface area contributed by atoms with Crippen molar-refractivity contribution in [3.8, 4) is 0 Å². The third kappa shape index (κ3) is 2.59. The Morgan fingerprint density at radius 1 is 1.03 bits per heavy atom. The van der Waals surface area contributed by atoms with Gasteiger partial charge in [0.25, 0.3) is 23.4 Å². The summed E-state index contributed by atoms with van der Waals surface area (Å²) in [5.41, 5.74) is 0.520. The van der Waals surface area contributed by atoms with E-state index in [1.54, 1.807) is 6.08 Å². The lowest BCUT2D eigenvalue weighted by Crippen LogP contribution is -2.49. The molecule has 29 heavy (non-hydrogen) atoms. The van der Waals surface area contributed by atoms with Crippen molar-refractivity contribution in [1.82, 2.24) is 10.0 Å². The Balaban J connectivity index is 1.42. The van der Waals surface area contributed by atoms with Crippen molar-refractivity contribution < 1.29 is 19.3 Å². The van der Waals surface area contributed by atoms with Gasteiger partial charge in [-0.2, -0.15) is 10.0 Å². The first-order valence-electron chi connectivity index (χ1n) is 8.95. The molecule has 0 unspecified atom stereocenters. The number of allylic oxidation sites excluding steroid dienone is 2. The maximum Gasteiger partial charge on any atom is 0.285 e. The Bertz CT molecular complexity index is 1030. The molecule has 0 aromatic heterocycles. The van der Waals surface area contributed by atoms with Crippen molar-refractivity contribution in [3.63, 3.8) is 0 Å². The zero-order valence-corrected chi connectivity index (χ0v) is 16.4. The molecule has 2 aliphatic carbocycles. The lowest BCUT2D eigenvalue weighted by Gasteiger charge is -2.25. The Hall–Kier alpha value is -2.85. The highest BCUT2D eigenvalue weighted by Crippen LogP contribution is 2.53. The first-order chi connectivity index (χ1) is 13.9. The van der Waals surface area contributed by atoms with Crippen molar-refractivity contribution in [2.45, 2.75) is 6.42 Å². The number of hydrogen-bond donors (Lipinski definition) is 0. The van der Waals surface area contributed by atoms with Gasteiger partial charge in [-0.05, 0) is 54.2 Å². The highest BCUT2D eigenvalue weighted by molar-refractivity contribution is 8.26. The van der Waals surface area contributed by atoms with Gasteiger partial charge in [-0.15, -0.1) is 0 Å². The molecule has 1 aromatic rings. The normalized spacial score (nSPS) is 31.5. The Morgan fingerprint density at radius 3 is 2.17 bits per heavy atom. The molecule has 4 atom stereocenters. The SMILES string of the molecule is O=C1/C(=C/c2ccc([N+](=O)[O-])cc2)SC(=S)N1N1C(=O)[C@@H]2[C@@H](C1=O)[C@H]1C=C[C@H]2C1. The number of non-ortho nitro benzene ring substituents is 1. The number of imide groups is 1. The number of nitro groups is 1. The smallest absolute Gasteiger partial charge is 0.272 e. The van der Waals surface area contributed by atoms with Crippen LogP contribution in [0.4, 0.5) is 5.69 Å². The van der Waals surface area contributed by atoms with Gasteiger partial charge in [-0.3, -0.25) is 24.5 Å². The zero-order valence-electron chi connectivity index (χ0n) is 14.8. The second-order valence-corrected chi connectivity index (χ2v) is 9.01. The Morgan fingerprint density at radius 2 is 1.62 bits per heavy atom. The number of fused-ring (bicyclic) bond motifs is 5. The van der Waals surface area contributed by atoms with Gasteiger partial charge in [-0.1, -0.05) is 23.9 Å². The van der Waals surface area contributed by atoms with Gasteiger partial charge in [0.1, 0.15) is 0 Å². The summed E-state index contributed by atoms with van der Waals surface area (Å²) in [5, 5.41) is 12.7. The molecule has 0 spiro atoms. The van der Waals surface area contributed by atoms with Crippen LogP contribution in [0.25, 0.3) is 6.08 Å². The number of carbonyl (C=O) groups is 3. The number of hydrazine groups is 1. The van der Waals surface area contributed by atoms with Crippen molar-refractivity contribution in [2.24, 2.45) is 23.7 Å². The van der Waals surface area contributed by atoms with Crippen LogP contribution in [0.1, 0.15) is 12.0 Å². The lowest BCUT2D eigenvalue weighted by molar-refractivity contribution is -0.384. The maximum atomic E-state index is 13.0. The van der Waals surface area contributed by atoms with E-state index in [1.807, 2.05) is 12.2 Å². The van der Waals surface area contributed by atoms with Gasteiger partial charge in [0.2, 0.25) is 0 Å². The van der Waals surface area contributed by atoms with Crippen LogP contribution in [0.15, 0.2) is 41.3 Å². The molecule has 8 nitrogen and oxygen atoms in total. The number of rotatable bonds is 3. The number of hydrogen-bond acceptors (Lipinski definition) is 7. The van der Waals surface area contributed by atoms with Gasteiger partial charge in [0.15, 0.2) is 4.32 Å². The molecule has 2 heterocycles. The number of thioether (sulfide) groups is 1. The minimum atomic E-state index is -0.541.